The van der Waals surface area contributed by atoms with Gasteiger partial charge in [0.05, 0.1) is 17.3 Å². The lowest BCUT2D eigenvalue weighted by Crippen LogP contribution is -2.46. The zero-order valence-electron chi connectivity index (χ0n) is 13.9. The molecule has 2 fully saturated rings. The van der Waals surface area contributed by atoms with E-state index in [0.717, 1.165) is 26.0 Å². The van der Waals surface area contributed by atoms with E-state index in [1.807, 2.05) is 0 Å². The van der Waals surface area contributed by atoms with E-state index < -0.39 is 0 Å². The maximum Gasteiger partial charge on any atom is 0.0703 e. The van der Waals surface area contributed by atoms with Crippen molar-refractivity contribution in [3.05, 3.63) is 17.0 Å². The molecule has 21 heavy (non-hydrogen) atoms. The summed E-state index contributed by atoms with van der Waals surface area (Å²) in [7, 11) is 0. The van der Waals surface area contributed by atoms with Crippen molar-refractivity contribution in [2.24, 2.45) is 0 Å². The maximum absolute atomic E-state index is 6.06. The normalized spacial score (nSPS) is 25.8. The van der Waals surface area contributed by atoms with Gasteiger partial charge in [-0.2, -0.15) is 5.10 Å². The van der Waals surface area contributed by atoms with Gasteiger partial charge in [0.1, 0.15) is 0 Å². The molecule has 0 bridgehead atoms. The molecular formula is C17H29N3O. The third-order valence-corrected chi connectivity index (χ3v) is 5.40. The number of hydrogen-bond acceptors (Lipinski definition) is 3. The van der Waals surface area contributed by atoms with Gasteiger partial charge in [-0.25, -0.2) is 0 Å². The fraction of sp³-hybridized carbons (Fsp3) is 0.824. The van der Waals surface area contributed by atoms with Crippen LogP contribution in [0.5, 0.6) is 0 Å². The first-order valence-corrected chi connectivity index (χ1v) is 8.49. The first-order chi connectivity index (χ1) is 10.1. The Morgan fingerprint density at radius 1 is 1.43 bits per heavy atom. The monoisotopic (exact) mass is 291 g/mol. The predicted octanol–water partition coefficient (Wildman–Crippen LogP) is 3.44. The predicted molar refractivity (Wildman–Crippen MR) is 84.6 cm³/mol. The summed E-state index contributed by atoms with van der Waals surface area (Å²) >= 11 is 0. The molecule has 0 radical (unpaired) electrons. The lowest BCUT2D eigenvalue weighted by atomic mass is 9.74. The van der Waals surface area contributed by atoms with Crippen molar-refractivity contribution in [1.29, 1.82) is 0 Å². The van der Waals surface area contributed by atoms with E-state index in [1.54, 1.807) is 0 Å². The number of ether oxygens (including phenoxy) is 1. The van der Waals surface area contributed by atoms with Crippen LogP contribution in [0.15, 0.2) is 0 Å². The van der Waals surface area contributed by atoms with E-state index in [-0.39, 0.29) is 5.60 Å². The molecule has 1 N–H and O–H groups in total. The highest BCUT2D eigenvalue weighted by molar-refractivity contribution is 5.28. The molecule has 2 aliphatic rings. The number of aryl methyl sites for hydroxylation is 1. The fourth-order valence-electron chi connectivity index (χ4n) is 4.20. The topological polar surface area (TPSA) is 39.1 Å². The van der Waals surface area contributed by atoms with Crippen LogP contribution in [0.4, 0.5) is 0 Å². The van der Waals surface area contributed by atoms with Gasteiger partial charge in [-0.3, -0.25) is 4.68 Å². The minimum atomic E-state index is 0.183. The number of hydrogen-bond donors (Lipinski definition) is 1. The fourth-order valence-corrected chi connectivity index (χ4v) is 4.20. The van der Waals surface area contributed by atoms with Gasteiger partial charge < -0.3 is 10.1 Å². The zero-order valence-corrected chi connectivity index (χ0v) is 13.9. The molecule has 2 heterocycles. The lowest BCUT2D eigenvalue weighted by Gasteiger charge is -2.47. The molecule has 4 nitrogen and oxygen atoms in total. The van der Waals surface area contributed by atoms with Crippen molar-refractivity contribution in [2.45, 2.75) is 77.5 Å². The van der Waals surface area contributed by atoms with Crippen LogP contribution < -0.4 is 5.32 Å². The Balaban J connectivity index is 1.83. The average molecular weight is 291 g/mol. The third-order valence-electron chi connectivity index (χ3n) is 5.40. The largest absolute Gasteiger partial charge is 0.375 e. The van der Waals surface area contributed by atoms with E-state index in [4.69, 9.17) is 9.84 Å². The van der Waals surface area contributed by atoms with E-state index in [2.05, 4.69) is 37.7 Å². The van der Waals surface area contributed by atoms with Gasteiger partial charge in [-0.1, -0.05) is 6.92 Å². The third kappa shape index (κ3) is 2.64. The Bertz CT molecular complexity index is 504. The lowest BCUT2D eigenvalue weighted by molar-refractivity contribution is -0.141. The summed E-state index contributed by atoms with van der Waals surface area (Å²) in [5, 5.41) is 8.40. The van der Waals surface area contributed by atoms with Crippen LogP contribution in [-0.4, -0.2) is 28.5 Å². The van der Waals surface area contributed by atoms with Gasteiger partial charge in [0.25, 0.3) is 0 Å². The highest BCUT2D eigenvalue weighted by Crippen LogP contribution is 2.46. The second-order valence-electron chi connectivity index (χ2n) is 6.84. The molecule has 0 amide bonds. The van der Waals surface area contributed by atoms with Gasteiger partial charge in [0, 0.05) is 23.9 Å². The second kappa shape index (κ2) is 5.73. The van der Waals surface area contributed by atoms with E-state index >= 15 is 0 Å². The molecule has 1 spiro atoms. The van der Waals surface area contributed by atoms with Gasteiger partial charge in [0.2, 0.25) is 0 Å². The standard InChI is InChI=1S/C17H29N3O/c1-5-18-12(2)16-13(3)19-20(14(16)4)15-7-10-21-17(11-15)8-6-9-17/h12,15,18H,5-11H2,1-4H3. The molecule has 1 aliphatic heterocycles. The highest BCUT2D eigenvalue weighted by atomic mass is 16.5. The summed E-state index contributed by atoms with van der Waals surface area (Å²) < 4.78 is 8.36. The van der Waals surface area contributed by atoms with Gasteiger partial charge in [0.15, 0.2) is 0 Å². The van der Waals surface area contributed by atoms with Crippen LogP contribution >= 0.6 is 0 Å². The molecule has 1 aromatic heterocycles. The average Bonchev–Trinajstić information content (AvgIpc) is 2.73. The molecule has 1 aliphatic carbocycles. The van der Waals surface area contributed by atoms with Crippen LogP contribution in [0.1, 0.15) is 75.0 Å². The first-order valence-electron chi connectivity index (χ1n) is 8.49. The Morgan fingerprint density at radius 2 is 2.19 bits per heavy atom. The smallest absolute Gasteiger partial charge is 0.0703 e. The van der Waals surface area contributed by atoms with Crippen LogP contribution in [-0.2, 0) is 4.74 Å². The maximum atomic E-state index is 6.06. The Hall–Kier alpha value is -0.870. The molecule has 1 saturated heterocycles. The molecule has 1 saturated carbocycles. The van der Waals surface area contributed by atoms with E-state index in [9.17, 15) is 0 Å². The molecule has 2 unspecified atom stereocenters. The Labute approximate surface area is 128 Å². The quantitative estimate of drug-likeness (QED) is 0.923. The first kappa shape index (κ1) is 15.0. The Morgan fingerprint density at radius 3 is 2.81 bits per heavy atom. The molecule has 0 aromatic carbocycles. The summed E-state index contributed by atoms with van der Waals surface area (Å²) in [4.78, 5) is 0. The van der Waals surface area contributed by atoms with Crippen molar-refractivity contribution in [1.82, 2.24) is 15.1 Å². The summed E-state index contributed by atoms with van der Waals surface area (Å²) in [5.41, 5.74) is 4.08. The number of nitrogens with zero attached hydrogens (tertiary/aromatic N) is 2. The van der Waals surface area contributed by atoms with Gasteiger partial charge >= 0.3 is 0 Å². The van der Waals surface area contributed by atoms with Crippen LogP contribution in [0.2, 0.25) is 0 Å². The van der Waals surface area contributed by atoms with Gasteiger partial charge in [-0.15, -0.1) is 0 Å². The van der Waals surface area contributed by atoms with Crippen LogP contribution in [0.3, 0.4) is 0 Å². The molecule has 1 aromatic rings. The minimum Gasteiger partial charge on any atom is -0.375 e. The zero-order chi connectivity index (χ0) is 15.0. The molecule has 3 rings (SSSR count). The van der Waals surface area contributed by atoms with Gasteiger partial charge in [-0.05, 0) is 59.4 Å². The van der Waals surface area contributed by atoms with Crippen LogP contribution in [0.25, 0.3) is 0 Å². The minimum absolute atomic E-state index is 0.183. The Kier molecular flexibility index (Phi) is 4.10. The van der Waals surface area contributed by atoms with E-state index in [1.165, 1.54) is 36.2 Å². The molecule has 4 heteroatoms. The van der Waals surface area contributed by atoms with Crippen molar-refractivity contribution in [3.8, 4) is 0 Å². The summed E-state index contributed by atoms with van der Waals surface area (Å²) in [6.45, 7) is 10.6. The molecule has 118 valence electrons. The SMILES string of the molecule is CCNC(C)c1c(C)nn(C2CCOC3(CCC3)C2)c1C. The second-order valence-corrected chi connectivity index (χ2v) is 6.84. The summed E-state index contributed by atoms with van der Waals surface area (Å²) in [6.07, 6.45) is 6.04. The highest BCUT2D eigenvalue weighted by Gasteiger charge is 2.43. The van der Waals surface area contributed by atoms with Crippen molar-refractivity contribution < 1.29 is 4.74 Å². The van der Waals surface area contributed by atoms with Crippen molar-refractivity contribution in [3.63, 3.8) is 0 Å². The van der Waals surface area contributed by atoms with E-state index in [0.29, 0.717) is 12.1 Å². The van der Waals surface area contributed by atoms with Crippen molar-refractivity contribution >= 4 is 0 Å². The van der Waals surface area contributed by atoms with Crippen LogP contribution in [0, 0.1) is 13.8 Å². The molecule has 2 atom stereocenters. The molecular weight excluding hydrogens is 262 g/mol. The number of aromatic nitrogens is 2. The summed E-state index contributed by atoms with van der Waals surface area (Å²) in [6, 6.07) is 0.890. The van der Waals surface area contributed by atoms with Crippen molar-refractivity contribution in [2.75, 3.05) is 13.2 Å². The number of nitrogens with one attached hydrogen (secondary N) is 1. The summed E-state index contributed by atoms with van der Waals surface area (Å²) in [5.74, 6) is 0. The number of rotatable bonds is 4.